The molecule has 11 nitrogen and oxygen atoms in total. The van der Waals surface area contributed by atoms with Crippen molar-refractivity contribution in [1.82, 2.24) is 39.5 Å². The molecule has 0 spiro atoms. The Morgan fingerprint density at radius 1 is 0.655 bits per heavy atom. The number of ether oxygens (including phenoxy) is 1. The smallest absolute Gasteiger partial charge is 0.252 e. The van der Waals surface area contributed by atoms with E-state index < -0.39 is 0 Å². The third-order valence-electron chi connectivity index (χ3n) is 12.1. The molecule has 2 unspecified atom stereocenters. The van der Waals surface area contributed by atoms with E-state index in [9.17, 15) is 9.59 Å². The van der Waals surface area contributed by atoms with Gasteiger partial charge in [-0.3, -0.25) is 14.5 Å². The van der Waals surface area contributed by atoms with Gasteiger partial charge in [0.05, 0.1) is 35.9 Å². The van der Waals surface area contributed by atoms with Crippen molar-refractivity contribution in [1.29, 1.82) is 0 Å². The maximum atomic E-state index is 14.4. The fourth-order valence-electron chi connectivity index (χ4n) is 8.96. The van der Waals surface area contributed by atoms with Crippen molar-refractivity contribution >= 4 is 11.8 Å². The zero-order valence-corrected chi connectivity index (χ0v) is 31.6. The zero-order chi connectivity index (χ0) is 37.3. The van der Waals surface area contributed by atoms with Crippen LogP contribution in [0.4, 0.5) is 0 Å². The highest BCUT2D eigenvalue weighted by Gasteiger charge is 2.40. The predicted molar refractivity (Wildman–Crippen MR) is 212 cm³/mol. The van der Waals surface area contributed by atoms with Gasteiger partial charge in [-0.1, -0.05) is 78.9 Å². The van der Waals surface area contributed by atoms with Crippen LogP contribution >= 0.6 is 0 Å². The minimum Gasteiger partial charge on any atom is -0.368 e. The van der Waals surface area contributed by atoms with E-state index in [1.807, 2.05) is 35.5 Å². The molecular formula is C44H50N8O3. The Bertz CT molecular complexity index is 2080. The van der Waals surface area contributed by atoms with Crippen LogP contribution in [0.1, 0.15) is 73.9 Å². The number of piperazine rings is 1. The fourth-order valence-corrected chi connectivity index (χ4v) is 8.96. The maximum Gasteiger partial charge on any atom is 0.252 e. The Hall–Kier alpha value is -5.10. The third kappa shape index (κ3) is 7.24. The summed E-state index contributed by atoms with van der Waals surface area (Å²) < 4.78 is 5.69. The van der Waals surface area contributed by atoms with Crippen molar-refractivity contribution in [2.75, 3.05) is 52.9 Å². The SMILES string of the molecule is CN1CCN(C(C(=O)N2CCC[C@H]2c2ncc(-c3ccc(-c4ccc(-c5cnc([C@@H]6CCCN6C(=O)C6CCCO6)[nH]5)cc4)cc3)[nH]2)c2ccccc2)CC1. The second kappa shape index (κ2) is 15.6. The van der Waals surface area contributed by atoms with Gasteiger partial charge in [-0.15, -0.1) is 0 Å². The van der Waals surface area contributed by atoms with Crippen molar-refractivity contribution in [3.63, 3.8) is 0 Å². The molecule has 55 heavy (non-hydrogen) atoms. The van der Waals surface area contributed by atoms with E-state index in [1.54, 1.807) is 0 Å². The van der Waals surface area contributed by atoms with Crippen molar-refractivity contribution in [3.8, 4) is 33.6 Å². The summed E-state index contributed by atoms with van der Waals surface area (Å²) in [4.78, 5) is 52.9. The lowest BCUT2D eigenvalue weighted by Crippen LogP contribution is -2.50. The van der Waals surface area contributed by atoms with Crippen LogP contribution < -0.4 is 0 Å². The lowest BCUT2D eigenvalue weighted by atomic mass is 10.0. The standard InChI is InChI=1S/C44H50N8O3/c1-49-23-25-50(26-24-49)40(34-8-3-2-4-9-34)44(54)52-22-6-11-38(52)42-46-29-36(48-42)33-19-15-31(16-20-33)30-13-17-32(18-14-30)35-28-45-41(47-35)37-10-5-21-51(37)43(53)39-12-7-27-55-39/h2-4,8-9,13-20,28-29,37-40H,5-7,10-12,21-27H2,1H3,(H,45,47)(H,46,48)/t37-,38-,39?,40?/m0/s1. The van der Waals surface area contributed by atoms with Crippen LogP contribution in [0.2, 0.25) is 0 Å². The molecule has 0 radical (unpaired) electrons. The number of imidazole rings is 2. The number of likely N-dealkylation sites (tertiary alicyclic amines) is 2. The predicted octanol–water partition coefficient (Wildman–Crippen LogP) is 6.63. The Morgan fingerprint density at radius 2 is 1.20 bits per heavy atom. The molecule has 2 aromatic heterocycles. The van der Waals surface area contributed by atoms with Gasteiger partial charge >= 0.3 is 0 Å². The number of aromatic nitrogens is 4. The summed E-state index contributed by atoms with van der Waals surface area (Å²) in [5, 5.41) is 0. The molecule has 11 heteroatoms. The van der Waals surface area contributed by atoms with Crippen LogP contribution in [0.25, 0.3) is 33.6 Å². The van der Waals surface area contributed by atoms with E-state index in [0.29, 0.717) is 6.61 Å². The first-order valence-corrected chi connectivity index (χ1v) is 20.0. The van der Waals surface area contributed by atoms with E-state index in [1.165, 1.54) is 0 Å². The van der Waals surface area contributed by atoms with Crippen LogP contribution in [-0.4, -0.2) is 110 Å². The number of nitrogens with zero attached hydrogens (tertiary/aromatic N) is 6. The number of H-pyrrole nitrogens is 2. The van der Waals surface area contributed by atoms with E-state index in [2.05, 4.69) is 92.4 Å². The quantitative estimate of drug-likeness (QED) is 0.175. The molecule has 0 aliphatic carbocycles. The summed E-state index contributed by atoms with van der Waals surface area (Å²) in [5.74, 6) is 1.96. The Labute approximate surface area is 322 Å². The van der Waals surface area contributed by atoms with E-state index in [4.69, 9.17) is 14.7 Å². The molecule has 4 aliphatic heterocycles. The number of benzene rings is 3. The third-order valence-corrected chi connectivity index (χ3v) is 12.1. The molecule has 4 fully saturated rings. The first kappa shape index (κ1) is 35.6. The summed E-state index contributed by atoms with van der Waals surface area (Å²) in [6.07, 6.45) is 8.96. The highest BCUT2D eigenvalue weighted by Crippen LogP contribution is 2.37. The summed E-state index contributed by atoms with van der Waals surface area (Å²) in [5.41, 5.74) is 7.30. The monoisotopic (exact) mass is 738 g/mol. The number of carbonyl (C=O) groups excluding carboxylic acids is 2. The Balaban J connectivity index is 0.864. The Kier molecular flexibility index (Phi) is 10.1. The minimum atomic E-state index is -0.306. The van der Waals surface area contributed by atoms with Gasteiger partial charge in [0.1, 0.15) is 23.8 Å². The summed E-state index contributed by atoms with van der Waals surface area (Å²) in [6.45, 7) is 5.82. The van der Waals surface area contributed by atoms with Gasteiger partial charge < -0.3 is 29.4 Å². The van der Waals surface area contributed by atoms with Crippen molar-refractivity contribution in [3.05, 3.63) is 108 Å². The van der Waals surface area contributed by atoms with Gasteiger partial charge in [0.2, 0.25) is 5.91 Å². The topological polar surface area (TPSA) is 114 Å². The first-order chi connectivity index (χ1) is 27.0. The van der Waals surface area contributed by atoms with Crippen molar-refractivity contribution in [2.45, 2.75) is 62.8 Å². The molecule has 2 amide bonds. The molecular weight excluding hydrogens is 689 g/mol. The van der Waals surface area contributed by atoms with Gasteiger partial charge in [-0.25, -0.2) is 9.97 Å². The average Bonchev–Trinajstić information content (AvgIpc) is 4.09. The molecule has 0 bridgehead atoms. The van der Waals surface area contributed by atoms with Gasteiger partial charge in [0.15, 0.2) is 0 Å². The van der Waals surface area contributed by atoms with Crippen LogP contribution in [0.5, 0.6) is 0 Å². The summed E-state index contributed by atoms with van der Waals surface area (Å²) in [6, 6.07) is 26.9. The number of amides is 2. The van der Waals surface area contributed by atoms with Gasteiger partial charge in [-0.2, -0.15) is 0 Å². The number of rotatable bonds is 9. The maximum absolute atomic E-state index is 14.4. The van der Waals surface area contributed by atoms with E-state index in [-0.39, 0.29) is 36.0 Å². The Morgan fingerprint density at radius 3 is 1.76 bits per heavy atom. The van der Waals surface area contributed by atoms with Crippen molar-refractivity contribution < 1.29 is 14.3 Å². The first-order valence-electron chi connectivity index (χ1n) is 20.0. The van der Waals surface area contributed by atoms with Gasteiger partial charge in [-0.05, 0) is 73.4 Å². The minimum absolute atomic E-state index is 0.0343. The number of aromatic amines is 2. The zero-order valence-electron chi connectivity index (χ0n) is 31.6. The molecule has 4 atom stereocenters. The molecule has 5 aromatic rings. The number of hydrogen-bond acceptors (Lipinski definition) is 7. The van der Waals surface area contributed by atoms with Crippen LogP contribution in [0.3, 0.4) is 0 Å². The van der Waals surface area contributed by atoms with Gasteiger partial charge in [0, 0.05) is 45.9 Å². The lowest BCUT2D eigenvalue weighted by Gasteiger charge is -2.39. The normalized spacial score (nSPS) is 22.7. The summed E-state index contributed by atoms with van der Waals surface area (Å²) >= 11 is 0. The molecule has 6 heterocycles. The highest BCUT2D eigenvalue weighted by atomic mass is 16.5. The molecule has 4 saturated heterocycles. The molecule has 9 rings (SSSR count). The number of hydrogen-bond donors (Lipinski definition) is 2. The van der Waals surface area contributed by atoms with E-state index >= 15 is 0 Å². The van der Waals surface area contributed by atoms with Crippen LogP contribution in [0, 0.1) is 0 Å². The molecule has 284 valence electrons. The second-order valence-corrected chi connectivity index (χ2v) is 15.6. The van der Waals surface area contributed by atoms with Crippen molar-refractivity contribution in [2.24, 2.45) is 0 Å². The van der Waals surface area contributed by atoms with Crippen LogP contribution in [0.15, 0.2) is 91.3 Å². The van der Waals surface area contributed by atoms with E-state index in [0.717, 1.165) is 129 Å². The highest BCUT2D eigenvalue weighted by molar-refractivity contribution is 5.84. The molecule has 4 aliphatic rings. The lowest BCUT2D eigenvalue weighted by molar-refractivity contribution is -0.142. The molecule has 2 N–H and O–H groups in total. The number of nitrogens with one attached hydrogen (secondary N) is 2. The molecule has 0 saturated carbocycles. The number of carbonyl (C=O) groups is 2. The largest absolute Gasteiger partial charge is 0.368 e. The average molecular weight is 739 g/mol. The number of likely N-dealkylation sites (N-methyl/N-ethyl adjacent to an activating group) is 1. The summed E-state index contributed by atoms with van der Waals surface area (Å²) in [7, 11) is 2.15. The van der Waals surface area contributed by atoms with Gasteiger partial charge in [0.25, 0.3) is 5.91 Å². The molecule has 3 aromatic carbocycles. The second-order valence-electron chi connectivity index (χ2n) is 15.6. The van der Waals surface area contributed by atoms with Crippen LogP contribution in [-0.2, 0) is 14.3 Å². The fraction of sp³-hybridized carbons (Fsp3) is 0.409.